The van der Waals surface area contributed by atoms with E-state index in [9.17, 15) is 9.90 Å². The zero-order chi connectivity index (χ0) is 11.5. The molecule has 82 valence electrons. The van der Waals surface area contributed by atoms with Gasteiger partial charge in [0.25, 0.3) is 0 Å². The van der Waals surface area contributed by atoms with E-state index in [0.29, 0.717) is 6.54 Å². The topological polar surface area (TPSA) is 42.2 Å². The van der Waals surface area contributed by atoms with E-state index in [4.69, 9.17) is 0 Å². The predicted octanol–water partition coefficient (Wildman–Crippen LogP) is 1.91. The van der Waals surface area contributed by atoms with Crippen LogP contribution in [-0.2, 0) is 6.54 Å². The standard InChI is InChI=1S/C13H13NO2/c1-10-7-12(15)13(16)9-14(10)8-11-5-3-2-4-6-11/h2-7,9,16H,8H2,1H3. The summed E-state index contributed by atoms with van der Waals surface area (Å²) in [6, 6.07) is 11.3. The number of pyridine rings is 1. The molecule has 0 spiro atoms. The zero-order valence-electron chi connectivity index (χ0n) is 9.05. The summed E-state index contributed by atoms with van der Waals surface area (Å²) < 4.78 is 1.85. The summed E-state index contributed by atoms with van der Waals surface area (Å²) in [5.74, 6) is -0.207. The fraction of sp³-hybridized carbons (Fsp3) is 0.154. The maximum atomic E-state index is 11.2. The second-order valence-corrected chi connectivity index (χ2v) is 3.78. The second-order valence-electron chi connectivity index (χ2n) is 3.78. The molecule has 3 heteroatoms. The van der Waals surface area contributed by atoms with Gasteiger partial charge >= 0.3 is 0 Å². The normalized spacial score (nSPS) is 10.3. The Morgan fingerprint density at radius 1 is 1.25 bits per heavy atom. The molecule has 0 saturated carbocycles. The molecule has 1 aromatic heterocycles. The van der Waals surface area contributed by atoms with Crippen LogP contribution >= 0.6 is 0 Å². The maximum Gasteiger partial charge on any atom is 0.223 e. The van der Waals surface area contributed by atoms with Crippen LogP contribution in [0.25, 0.3) is 0 Å². The van der Waals surface area contributed by atoms with Gasteiger partial charge in [-0.25, -0.2) is 0 Å². The van der Waals surface area contributed by atoms with E-state index in [2.05, 4.69) is 0 Å². The molecule has 0 fully saturated rings. The average molecular weight is 215 g/mol. The van der Waals surface area contributed by atoms with Crippen molar-refractivity contribution >= 4 is 0 Å². The molecule has 0 aliphatic rings. The summed E-state index contributed by atoms with van der Waals surface area (Å²) in [5.41, 5.74) is 1.64. The molecule has 0 aliphatic carbocycles. The van der Waals surface area contributed by atoms with E-state index in [0.717, 1.165) is 11.3 Å². The van der Waals surface area contributed by atoms with Crippen molar-refractivity contribution in [2.75, 3.05) is 0 Å². The molecule has 1 aromatic carbocycles. The van der Waals surface area contributed by atoms with Gasteiger partial charge in [0.1, 0.15) is 0 Å². The molecule has 0 atom stereocenters. The summed E-state index contributed by atoms with van der Waals surface area (Å²) >= 11 is 0. The number of hydrogen-bond acceptors (Lipinski definition) is 2. The lowest BCUT2D eigenvalue weighted by Crippen LogP contribution is -2.10. The van der Waals surface area contributed by atoms with Crippen LogP contribution in [0.3, 0.4) is 0 Å². The Balaban J connectivity index is 2.36. The molecular weight excluding hydrogens is 202 g/mol. The van der Waals surface area contributed by atoms with Gasteiger partial charge in [-0.3, -0.25) is 4.79 Å². The molecule has 0 amide bonds. The van der Waals surface area contributed by atoms with E-state index in [1.165, 1.54) is 12.3 Å². The molecule has 16 heavy (non-hydrogen) atoms. The summed E-state index contributed by atoms with van der Waals surface area (Å²) in [6.07, 6.45) is 1.48. The molecule has 1 N–H and O–H groups in total. The van der Waals surface area contributed by atoms with Crippen molar-refractivity contribution in [1.29, 1.82) is 0 Å². The Morgan fingerprint density at radius 3 is 2.62 bits per heavy atom. The average Bonchev–Trinajstić information content (AvgIpc) is 2.27. The minimum atomic E-state index is -0.332. The van der Waals surface area contributed by atoms with Crippen molar-refractivity contribution in [3.63, 3.8) is 0 Å². The maximum absolute atomic E-state index is 11.2. The number of nitrogens with zero attached hydrogens (tertiary/aromatic N) is 1. The Labute approximate surface area is 93.6 Å². The molecule has 2 aromatic rings. The summed E-state index contributed by atoms with van der Waals surface area (Å²) in [5, 5.41) is 9.37. The Kier molecular flexibility index (Phi) is 2.77. The lowest BCUT2D eigenvalue weighted by atomic mass is 10.2. The fourth-order valence-corrected chi connectivity index (χ4v) is 1.61. The number of hydrogen-bond donors (Lipinski definition) is 1. The van der Waals surface area contributed by atoms with Crippen LogP contribution in [0.15, 0.2) is 47.4 Å². The quantitative estimate of drug-likeness (QED) is 0.831. The van der Waals surface area contributed by atoms with Crippen LogP contribution < -0.4 is 5.43 Å². The summed E-state index contributed by atoms with van der Waals surface area (Å²) in [7, 11) is 0. The lowest BCUT2D eigenvalue weighted by Gasteiger charge is -2.10. The third kappa shape index (κ3) is 2.14. The third-order valence-electron chi connectivity index (χ3n) is 2.52. The second kappa shape index (κ2) is 4.23. The third-order valence-corrected chi connectivity index (χ3v) is 2.52. The van der Waals surface area contributed by atoms with Crippen LogP contribution in [0.4, 0.5) is 0 Å². The molecule has 2 rings (SSSR count). The number of benzene rings is 1. The monoisotopic (exact) mass is 215 g/mol. The Hall–Kier alpha value is -2.03. The number of aryl methyl sites for hydroxylation is 1. The van der Waals surface area contributed by atoms with Crippen LogP contribution in [0.5, 0.6) is 5.75 Å². The number of rotatable bonds is 2. The van der Waals surface area contributed by atoms with Gasteiger partial charge in [-0.05, 0) is 12.5 Å². The van der Waals surface area contributed by atoms with Crippen molar-refractivity contribution < 1.29 is 5.11 Å². The molecule has 1 heterocycles. The largest absolute Gasteiger partial charge is 0.503 e. The van der Waals surface area contributed by atoms with Crippen LogP contribution in [0.2, 0.25) is 0 Å². The van der Waals surface area contributed by atoms with Crippen LogP contribution in [0, 0.1) is 6.92 Å². The molecule has 0 aliphatic heterocycles. The molecule has 3 nitrogen and oxygen atoms in total. The lowest BCUT2D eigenvalue weighted by molar-refractivity contribution is 0.461. The van der Waals surface area contributed by atoms with E-state index in [-0.39, 0.29) is 11.2 Å². The van der Waals surface area contributed by atoms with Gasteiger partial charge in [-0.2, -0.15) is 0 Å². The minimum Gasteiger partial charge on any atom is -0.503 e. The van der Waals surface area contributed by atoms with Gasteiger partial charge in [-0.1, -0.05) is 30.3 Å². The highest BCUT2D eigenvalue weighted by Gasteiger charge is 2.02. The number of aromatic nitrogens is 1. The van der Waals surface area contributed by atoms with Gasteiger partial charge < -0.3 is 9.67 Å². The Bertz CT molecular complexity index is 544. The highest BCUT2D eigenvalue weighted by Crippen LogP contribution is 2.08. The van der Waals surface area contributed by atoms with Gasteiger partial charge in [0.15, 0.2) is 5.75 Å². The molecule has 0 unspecified atom stereocenters. The van der Waals surface area contributed by atoms with Gasteiger partial charge in [-0.15, -0.1) is 0 Å². The van der Waals surface area contributed by atoms with Gasteiger partial charge in [0.05, 0.1) is 6.20 Å². The fourth-order valence-electron chi connectivity index (χ4n) is 1.61. The smallest absolute Gasteiger partial charge is 0.223 e. The first kappa shape index (κ1) is 10.5. The Morgan fingerprint density at radius 2 is 1.94 bits per heavy atom. The van der Waals surface area contributed by atoms with E-state index >= 15 is 0 Å². The molecule has 0 bridgehead atoms. The number of aromatic hydroxyl groups is 1. The van der Waals surface area contributed by atoms with Crippen LogP contribution in [-0.4, -0.2) is 9.67 Å². The SMILES string of the molecule is Cc1cc(=O)c(O)cn1Cc1ccccc1. The van der Waals surface area contributed by atoms with Crippen molar-refractivity contribution in [3.05, 3.63) is 64.1 Å². The van der Waals surface area contributed by atoms with Crippen LogP contribution in [0.1, 0.15) is 11.3 Å². The van der Waals surface area contributed by atoms with Gasteiger partial charge in [0, 0.05) is 18.3 Å². The first-order valence-corrected chi connectivity index (χ1v) is 5.11. The summed E-state index contributed by atoms with van der Waals surface area (Å²) in [6.45, 7) is 2.50. The first-order chi connectivity index (χ1) is 7.66. The molecule has 0 saturated heterocycles. The predicted molar refractivity (Wildman–Crippen MR) is 62.6 cm³/mol. The minimum absolute atomic E-state index is 0.207. The van der Waals surface area contributed by atoms with E-state index in [1.54, 1.807) is 0 Å². The van der Waals surface area contributed by atoms with Crippen molar-refractivity contribution in [2.24, 2.45) is 0 Å². The zero-order valence-corrected chi connectivity index (χ0v) is 9.05. The van der Waals surface area contributed by atoms with Crippen molar-refractivity contribution in [2.45, 2.75) is 13.5 Å². The highest BCUT2D eigenvalue weighted by atomic mass is 16.3. The van der Waals surface area contributed by atoms with Crippen molar-refractivity contribution in [3.8, 4) is 5.75 Å². The van der Waals surface area contributed by atoms with Gasteiger partial charge in [0.2, 0.25) is 5.43 Å². The van der Waals surface area contributed by atoms with Crippen molar-refractivity contribution in [1.82, 2.24) is 4.57 Å². The van der Waals surface area contributed by atoms with E-state index < -0.39 is 0 Å². The molecular formula is C13H13NO2. The highest BCUT2D eigenvalue weighted by molar-refractivity contribution is 5.22. The first-order valence-electron chi connectivity index (χ1n) is 5.11. The molecule has 0 radical (unpaired) electrons. The summed E-state index contributed by atoms with van der Waals surface area (Å²) in [4.78, 5) is 11.2. The van der Waals surface area contributed by atoms with E-state index in [1.807, 2.05) is 41.8 Å².